The first-order chi connectivity index (χ1) is 12.3. The molecule has 4 rings (SSSR count). The van der Waals surface area contributed by atoms with Crippen LogP contribution >= 0.6 is 0 Å². The van der Waals surface area contributed by atoms with Crippen LogP contribution in [0, 0.1) is 11.8 Å². The van der Waals surface area contributed by atoms with E-state index >= 15 is 0 Å². The molecule has 2 aliphatic carbocycles. The Morgan fingerprint density at radius 3 is 2.88 bits per heavy atom. The van der Waals surface area contributed by atoms with Gasteiger partial charge in [-0.05, 0) is 62.1 Å². The molecule has 0 radical (unpaired) electrons. The summed E-state index contributed by atoms with van der Waals surface area (Å²) in [5, 5.41) is 6.48. The van der Waals surface area contributed by atoms with Crippen LogP contribution in [0.15, 0.2) is 18.5 Å². The normalized spacial score (nSPS) is 28.4. The second-order valence-electron chi connectivity index (χ2n) is 7.87. The van der Waals surface area contributed by atoms with Crippen LogP contribution in [0.2, 0.25) is 0 Å². The lowest BCUT2D eigenvalue weighted by Crippen LogP contribution is -2.46. The molecule has 5 heteroatoms. The molecule has 1 saturated heterocycles. The molecule has 2 heterocycles. The number of rotatable bonds is 8. The van der Waals surface area contributed by atoms with E-state index in [4.69, 9.17) is 4.74 Å². The Balaban J connectivity index is 1.19. The van der Waals surface area contributed by atoms with Crippen molar-refractivity contribution >= 4 is 5.91 Å². The minimum absolute atomic E-state index is 0.274. The van der Waals surface area contributed by atoms with Gasteiger partial charge in [0.1, 0.15) is 12.4 Å². The van der Waals surface area contributed by atoms with Crippen molar-refractivity contribution in [1.29, 1.82) is 0 Å². The molecule has 1 aliphatic heterocycles. The number of ether oxygens (including phenoxy) is 1. The summed E-state index contributed by atoms with van der Waals surface area (Å²) >= 11 is 0. The lowest BCUT2D eigenvalue weighted by atomic mass is 10.1. The highest BCUT2D eigenvalue weighted by atomic mass is 16.5. The molecule has 0 spiro atoms. The second kappa shape index (κ2) is 7.73. The van der Waals surface area contributed by atoms with Crippen molar-refractivity contribution in [2.75, 3.05) is 19.7 Å². The van der Waals surface area contributed by atoms with E-state index in [1.807, 2.05) is 6.20 Å². The van der Waals surface area contributed by atoms with Gasteiger partial charge < -0.3 is 15.4 Å². The molecule has 0 bridgehead atoms. The van der Waals surface area contributed by atoms with Gasteiger partial charge >= 0.3 is 0 Å². The number of aromatic nitrogens is 1. The quantitative estimate of drug-likeness (QED) is 0.762. The average molecular weight is 343 g/mol. The summed E-state index contributed by atoms with van der Waals surface area (Å²) in [7, 11) is 0. The van der Waals surface area contributed by atoms with Gasteiger partial charge in [-0.1, -0.05) is 12.8 Å². The minimum Gasteiger partial charge on any atom is -0.490 e. The highest BCUT2D eigenvalue weighted by Crippen LogP contribution is 2.49. The minimum atomic E-state index is 0.274. The summed E-state index contributed by atoms with van der Waals surface area (Å²) in [4.78, 5) is 16.4. The third kappa shape index (κ3) is 4.32. The van der Waals surface area contributed by atoms with Gasteiger partial charge in [-0.15, -0.1) is 0 Å². The molecule has 3 fully saturated rings. The van der Waals surface area contributed by atoms with E-state index in [9.17, 15) is 4.79 Å². The standard InChI is InChI=1S/C20H29N3O2/c24-20(14-3-1-2-4-14)23-7-5-15-10-19(15)16-9-18(12-21-11-16)25-13-17-6-8-22-17/h9,11-12,14-15,17,19,22H,1-8,10,13H2,(H,23,24)/t15-,17-,19-/m0/s1. The highest BCUT2D eigenvalue weighted by molar-refractivity contribution is 5.78. The molecule has 5 nitrogen and oxygen atoms in total. The third-order valence-corrected chi connectivity index (χ3v) is 6.00. The maximum Gasteiger partial charge on any atom is 0.223 e. The summed E-state index contributed by atoms with van der Waals surface area (Å²) < 4.78 is 5.85. The van der Waals surface area contributed by atoms with E-state index in [0.29, 0.717) is 17.9 Å². The summed E-state index contributed by atoms with van der Waals surface area (Å²) in [6.07, 6.45) is 11.8. The summed E-state index contributed by atoms with van der Waals surface area (Å²) in [6, 6.07) is 2.65. The highest BCUT2D eigenvalue weighted by Gasteiger charge is 2.38. The van der Waals surface area contributed by atoms with Gasteiger partial charge in [-0.3, -0.25) is 9.78 Å². The van der Waals surface area contributed by atoms with Gasteiger partial charge in [0.15, 0.2) is 0 Å². The summed E-state index contributed by atoms with van der Waals surface area (Å²) in [5.74, 6) is 2.69. The number of nitrogens with one attached hydrogen (secondary N) is 2. The Morgan fingerprint density at radius 1 is 1.28 bits per heavy atom. The van der Waals surface area contributed by atoms with Crippen LogP contribution in [0.4, 0.5) is 0 Å². The number of pyridine rings is 1. The van der Waals surface area contributed by atoms with Crippen molar-refractivity contribution in [3.63, 3.8) is 0 Å². The van der Waals surface area contributed by atoms with Gasteiger partial charge in [0.25, 0.3) is 0 Å². The molecule has 3 aliphatic rings. The Labute approximate surface area is 149 Å². The second-order valence-corrected chi connectivity index (χ2v) is 7.87. The van der Waals surface area contributed by atoms with E-state index in [-0.39, 0.29) is 11.8 Å². The average Bonchev–Trinajstić information content (AvgIpc) is 3.14. The van der Waals surface area contributed by atoms with Crippen molar-refractivity contribution in [1.82, 2.24) is 15.6 Å². The fraction of sp³-hybridized carbons (Fsp3) is 0.700. The number of amides is 1. The van der Waals surface area contributed by atoms with Crippen molar-refractivity contribution in [3.05, 3.63) is 24.0 Å². The maximum atomic E-state index is 12.1. The van der Waals surface area contributed by atoms with Crippen molar-refractivity contribution < 1.29 is 9.53 Å². The molecule has 1 amide bonds. The van der Waals surface area contributed by atoms with Crippen LogP contribution in [-0.2, 0) is 4.79 Å². The maximum absolute atomic E-state index is 12.1. The first-order valence-corrected chi connectivity index (χ1v) is 9.88. The van der Waals surface area contributed by atoms with E-state index < -0.39 is 0 Å². The Morgan fingerprint density at radius 2 is 2.12 bits per heavy atom. The zero-order valence-corrected chi connectivity index (χ0v) is 14.9. The summed E-state index contributed by atoms with van der Waals surface area (Å²) in [5.41, 5.74) is 1.28. The Bertz CT molecular complexity index is 596. The molecule has 25 heavy (non-hydrogen) atoms. The molecule has 3 atom stereocenters. The number of hydrogen-bond donors (Lipinski definition) is 2. The lowest BCUT2D eigenvalue weighted by Gasteiger charge is -2.27. The Hall–Kier alpha value is -1.62. The zero-order valence-electron chi connectivity index (χ0n) is 14.9. The van der Waals surface area contributed by atoms with E-state index in [1.165, 1.54) is 31.2 Å². The predicted octanol–water partition coefficient (Wildman–Crippen LogP) is 2.62. The van der Waals surface area contributed by atoms with Crippen LogP contribution in [0.1, 0.15) is 56.4 Å². The molecule has 1 aromatic rings. The molecular weight excluding hydrogens is 314 g/mol. The van der Waals surface area contributed by atoms with Gasteiger partial charge in [-0.25, -0.2) is 0 Å². The van der Waals surface area contributed by atoms with Gasteiger partial charge in [0.05, 0.1) is 6.20 Å². The lowest BCUT2D eigenvalue weighted by molar-refractivity contribution is -0.124. The molecule has 0 aromatic carbocycles. The van der Waals surface area contributed by atoms with Crippen LogP contribution in [0.5, 0.6) is 5.75 Å². The molecular formula is C20H29N3O2. The zero-order chi connectivity index (χ0) is 17.1. The van der Waals surface area contributed by atoms with Crippen molar-refractivity contribution in [2.45, 2.75) is 56.9 Å². The van der Waals surface area contributed by atoms with E-state index in [2.05, 4.69) is 21.7 Å². The molecule has 136 valence electrons. The molecule has 1 aromatic heterocycles. The SMILES string of the molecule is O=C(NCC[C@H]1C[C@@H]1c1cncc(OC[C@@H]2CCN2)c1)C1CCCC1. The number of hydrogen-bond acceptors (Lipinski definition) is 4. The fourth-order valence-corrected chi connectivity index (χ4v) is 4.09. The van der Waals surface area contributed by atoms with Gasteiger partial charge in [0, 0.05) is 24.7 Å². The van der Waals surface area contributed by atoms with Gasteiger partial charge in [-0.2, -0.15) is 0 Å². The van der Waals surface area contributed by atoms with Crippen LogP contribution in [-0.4, -0.2) is 36.6 Å². The predicted molar refractivity (Wildman–Crippen MR) is 96.6 cm³/mol. The first kappa shape index (κ1) is 16.8. The summed E-state index contributed by atoms with van der Waals surface area (Å²) in [6.45, 7) is 2.65. The number of carbonyl (C=O) groups excluding carboxylic acids is 1. The van der Waals surface area contributed by atoms with Crippen LogP contribution in [0.3, 0.4) is 0 Å². The Kier molecular flexibility index (Phi) is 5.20. The molecule has 2 saturated carbocycles. The first-order valence-electron chi connectivity index (χ1n) is 9.88. The third-order valence-electron chi connectivity index (χ3n) is 6.00. The molecule has 2 N–H and O–H groups in total. The topological polar surface area (TPSA) is 63.2 Å². The van der Waals surface area contributed by atoms with Gasteiger partial charge in [0.2, 0.25) is 5.91 Å². The van der Waals surface area contributed by atoms with Crippen molar-refractivity contribution in [3.8, 4) is 5.75 Å². The number of nitrogens with zero attached hydrogens (tertiary/aromatic N) is 1. The monoisotopic (exact) mass is 343 g/mol. The molecule has 0 unspecified atom stereocenters. The van der Waals surface area contributed by atoms with Crippen molar-refractivity contribution in [2.24, 2.45) is 11.8 Å². The van der Waals surface area contributed by atoms with E-state index in [0.717, 1.165) is 44.7 Å². The van der Waals surface area contributed by atoms with Crippen LogP contribution < -0.4 is 15.4 Å². The fourth-order valence-electron chi connectivity index (χ4n) is 4.09. The smallest absolute Gasteiger partial charge is 0.223 e. The van der Waals surface area contributed by atoms with E-state index in [1.54, 1.807) is 6.20 Å². The number of carbonyl (C=O) groups is 1. The largest absolute Gasteiger partial charge is 0.490 e. The van der Waals surface area contributed by atoms with Crippen LogP contribution in [0.25, 0.3) is 0 Å².